The van der Waals surface area contributed by atoms with Crippen LogP contribution in [0.1, 0.15) is 23.6 Å². The van der Waals surface area contributed by atoms with Crippen LogP contribution in [0.25, 0.3) is 22.6 Å². The highest BCUT2D eigenvalue weighted by atomic mass is 32.2. The first-order valence-corrected chi connectivity index (χ1v) is 11.5. The molecule has 4 rings (SSSR count). The summed E-state index contributed by atoms with van der Waals surface area (Å²) >= 11 is 1.32. The minimum atomic E-state index is -3.54. The Morgan fingerprint density at radius 3 is 2.47 bits per heavy atom. The highest BCUT2D eigenvalue weighted by Gasteiger charge is 2.21. The van der Waals surface area contributed by atoms with Gasteiger partial charge in [-0.05, 0) is 44.2 Å². The molecule has 0 aliphatic carbocycles. The average Bonchev–Trinajstić information content (AvgIpc) is 3.34. The molecule has 0 saturated carbocycles. The molecule has 0 fully saturated rings. The molecule has 0 N–H and O–H groups in total. The van der Waals surface area contributed by atoms with Gasteiger partial charge in [-0.3, -0.25) is 0 Å². The predicted octanol–water partition coefficient (Wildman–Crippen LogP) is 4.29. The van der Waals surface area contributed by atoms with Gasteiger partial charge in [-0.25, -0.2) is 17.7 Å². The second-order valence-electron chi connectivity index (χ2n) is 6.97. The van der Waals surface area contributed by atoms with Crippen LogP contribution in [0.2, 0.25) is 0 Å². The average molecular weight is 445 g/mol. The van der Waals surface area contributed by atoms with Gasteiger partial charge in [-0.15, -0.1) is 10.2 Å². The topological polar surface area (TPSA) is 102 Å². The molecule has 2 aromatic carbocycles. The lowest BCUT2D eigenvalue weighted by atomic mass is 10.1. The van der Waals surface area contributed by atoms with Gasteiger partial charge in [-0.1, -0.05) is 29.5 Å². The summed E-state index contributed by atoms with van der Waals surface area (Å²) in [5.74, 6) is 0.905. The van der Waals surface area contributed by atoms with E-state index < -0.39 is 10.0 Å². The summed E-state index contributed by atoms with van der Waals surface area (Å²) in [5.41, 5.74) is 2.99. The van der Waals surface area contributed by atoms with Gasteiger partial charge in [0, 0.05) is 19.7 Å². The zero-order valence-corrected chi connectivity index (χ0v) is 18.5. The third-order valence-electron chi connectivity index (χ3n) is 4.48. The summed E-state index contributed by atoms with van der Waals surface area (Å²) in [5, 5.41) is 8.46. The van der Waals surface area contributed by atoms with E-state index in [0.717, 1.165) is 15.4 Å². The summed E-state index contributed by atoms with van der Waals surface area (Å²) in [6, 6.07) is 12.5. The Morgan fingerprint density at radius 2 is 1.77 bits per heavy atom. The Hall–Kier alpha value is -2.69. The van der Waals surface area contributed by atoms with Crippen molar-refractivity contribution in [2.75, 3.05) is 14.1 Å². The van der Waals surface area contributed by atoms with Crippen molar-refractivity contribution in [1.82, 2.24) is 19.5 Å². The molecule has 0 bridgehead atoms. The number of nitrogens with zero attached hydrogens (tertiary/aromatic N) is 4. The van der Waals surface area contributed by atoms with E-state index in [9.17, 15) is 8.42 Å². The quantitative estimate of drug-likeness (QED) is 0.406. The number of aryl methyl sites for hydroxylation is 1. The predicted molar refractivity (Wildman–Crippen MR) is 114 cm³/mol. The van der Waals surface area contributed by atoms with Crippen molar-refractivity contribution in [2.45, 2.75) is 29.2 Å². The van der Waals surface area contributed by atoms with Crippen LogP contribution in [0.4, 0.5) is 0 Å². The van der Waals surface area contributed by atoms with Crippen molar-refractivity contribution < 1.29 is 17.3 Å². The number of hydrogen-bond acceptors (Lipinski definition) is 8. The summed E-state index contributed by atoms with van der Waals surface area (Å²) in [6.07, 6.45) is 0. The van der Waals surface area contributed by atoms with Crippen LogP contribution in [-0.4, -0.2) is 42.0 Å². The highest BCUT2D eigenvalue weighted by Crippen LogP contribution is 2.36. The Balaban J connectivity index is 1.55. The Morgan fingerprint density at radius 1 is 1.03 bits per heavy atom. The van der Waals surface area contributed by atoms with E-state index in [-0.39, 0.29) is 10.1 Å². The fourth-order valence-electron chi connectivity index (χ4n) is 2.72. The van der Waals surface area contributed by atoms with Crippen LogP contribution in [0.5, 0.6) is 0 Å². The summed E-state index contributed by atoms with van der Waals surface area (Å²) in [6.45, 7) is 3.93. The standard InChI is InChI=1S/C20H20N4O4S2/c1-12-5-7-14(8-6-12)19-23-22-18(28-19)13(2)29-20-21-16-11-15(9-10-17(16)27-20)30(25,26)24(3)4/h5-11,13H,1-4H3. The van der Waals surface area contributed by atoms with Crippen LogP contribution in [0.15, 0.2) is 61.4 Å². The zero-order chi connectivity index (χ0) is 21.5. The fourth-order valence-corrected chi connectivity index (χ4v) is 4.43. The van der Waals surface area contributed by atoms with E-state index in [0.29, 0.717) is 28.1 Å². The Bertz CT molecular complexity index is 1290. The van der Waals surface area contributed by atoms with Crippen molar-refractivity contribution in [2.24, 2.45) is 0 Å². The van der Waals surface area contributed by atoms with E-state index >= 15 is 0 Å². The largest absolute Gasteiger partial charge is 0.431 e. The molecule has 156 valence electrons. The number of oxazole rings is 1. The van der Waals surface area contributed by atoms with Gasteiger partial charge in [0.15, 0.2) is 5.58 Å². The first-order valence-electron chi connectivity index (χ1n) is 9.14. The normalized spacial score (nSPS) is 13.2. The van der Waals surface area contributed by atoms with Gasteiger partial charge in [0.05, 0.1) is 10.1 Å². The first kappa shape index (κ1) is 20.6. The number of benzene rings is 2. The van der Waals surface area contributed by atoms with Crippen molar-refractivity contribution in [3.05, 3.63) is 53.9 Å². The second kappa shape index (κ2) is 7.86. The molecule has 0 spiro atoms. The number of sulfonamides is 1. The van der Waals surface area contributed by atoms with Crippen LogP contribution in [-0.2, 0) is 10.0 Å². The summed E-state index contributed by atoms with van der Waals surface area (Å²) in [4.78, 5) is 4.57. The summed E-state index contributed by atoms with van der Waals surface area (Å²) < 4.78 is 37.4. The molecule has 0 aliphatic heterocycles. The highest BCUT2D eigenvalue weighted by molar-refractivity contribution is 7.99. The van der Waals surface area contributed by atoms with Gasteiger partial charge in [0.2, 0.25) is 21.8 Å². The number of aromatic nitrogens is 3. The summed E-state index contributed by atoms with van der Waals surface area (Å²) in [7, 11) is -0.567. The maximum atomic E-state index is 12.3. The van der Waals surface area contributed by atoms with Gasteiger partial charge < -0.3 is 8.83 Å². The molecule has 10 heteroatoms. The van der Waals surface area contributed by atoms with Gasteiger partial charge >= 0.3 is 0 Å². The van der Waals surface area contributed by atoms with Gasteiger partial charge in [0.25, 0.3) is 5.22 Å². The van der Waals surface area contributed by atoms with Crippen LogP contribution in [0, 0.1) is 6.92 Å². The van der Waals surface area contributed by atoms with Crippen LogP contribution >= 0.6 is 11.8 Å². The minimum Gasteiger partial charge on any atom is -0.431 e. The van der Waals surface area contributed by atoms with E-state index in [1.165, 1.54) is 38.0 Å². The zero-order valence-electron chi connectivity index (χ0n) is 16.9. The van der Waals surface area contributed by atoms with Gasteiger partial charge in [-0.2, -0.15) is 0 Å². The van der Waals surface area contributed by atoms with Gasteiger partial charge in [0.1, 0.15) is 5.52 Å². The number of hydrogen-bond donors (Lipinski definition) is 0. The van der Waals surface area contributed by atoms with Crippen LogP contribution < -0.4 is 0 Å². The Labute approximate surface area is 178 Å². The molecule has 8 nitrogen and oxygen atoms in total. The van der Waals surface area contributed by atoms with E-state index in [1.807, 2.05) is 38.1 Å². The molecule has 4 aromatic rings. The molecule has 30 heavy (non-hydrogen) atoms. The molecule has 1 atom stereocenters. The monoisotopic (exact) mass is 444 g/mol. The number of fused-ring (bicyclic) bond motifs is 1. The number of thioether (sulfide) groups is 1. The molecular formula is C20H20N4O4S2. The fraction of sp³-hybridized carbons (Fsp3) is 0.250. The maximum Gasteiger partial charge on any atom is 0.257 e. The van der Waals surface area contributed by atoms with Crippen molar-refractivity contribution >= 4 is 32.9 Å². The molecule has 2 aromatic heterocycles. The molecule has 0 radical (unpaired) electrons. The molecule has 2 heterocycles. The smallest absolute Gasteiger partial charge is 0.257 e. The van der Waals surface area contributed by atoms with E-state index in [2.05, 4.69) is 15.2 Å². The molecule has 1 unspecified atom stereocenters. The lowest BCUT2D eigenvalue weighted by molar-refractivity contribution is 0.481. The van der Waals surface area contributed by atoms with E-state index in [1.54, 1.807) is 6.07 Å². The van der Waals surface area contributed by atoms with E-state index in [4.69, 9.17) is 8.83 Å². The SMILES string of the molecule is Cc1ccc(-c2nnc(C(C)Sc3nc4cc(S(=O)(=O)N(C)C)ccc4o3)o2)cc1. The number of rotatable bonds is 6. The molecular weight excluding hydrogens is 424 g/mol. The van der Waals surface area contributed by atoms with Crippen LogP contribution in [0.3, 0.4) is 0 Å². The lowest BCUT2D eigenvalue weighted by Crippen LogP contribution is -2.22. The first-order chi connectivity index (χ1) is 14.2. The van der Waals surface area contributed by atoms with Crippen molar-refractivity contribution in [3.63, 3.8) is 0 Å². The third-order valence-corrected chi connectivity index (χ3v) is 7.23. The molecule has 0 saturated heterocycles. The third kappa shape index (κ3) is 3.98. The Kier molecular flexibility index (Phi) is 5.39. The molecule has 0 amide bonds. The lowest BCUT2D eigenvalue weighted by Gasteiger charge is -2.10. The maximum absolute atomic E-state index is 12.3. The van der Waals surface area contributed by atoms with Crippen molar-refractivity contribution in [3.8, 4) is 11.5 Å². The minimum absolute atomic E-state index is 0.164. The second-order valence-corrected chi connectivity index (χ2v) is 10.4. The van der Waals surface area contributed by atoms with Crippen molar-refractivity contribution in [1.29, 1.82) is 0 Å². The molecule has 0 aliphatic rings.